The minimum Gasteiger partial charge on any atom is -0.485 e. The first-order chi connectivity index (χ1) is 22.3. The second-order valence-corrected chi connectivity index (χ2v) is 12.4. The second-order valence-electron chi connectivity index (χ2n) is 12.4. The van der Waals surface area contributed by atoms with E-state index in [0.29, 0.717) is 56.2 Å². The molecule has 12 nitrogen and oxygen atoms in total. The Morgan fingerprint density at radius 2 is 1.78 bits per heavy atom. The van der Waals surface area contributed by atoms with Crippen LogP contribution < -0.4 is 15.4 Å². The molecule has 4 amide bonds. The van der Waals surface area contributed by atoms with Crippen LogP contribution in [-0.4, -0.2) is 81.8 Å². The number of ether oxygens (including phenoxy) is 1. The predicted molar refractivity (Wildman–Crippen MR) is 170 cm³/mol. The Kier molecular flexibility index (Phi) is 13.0. The maximum atomic E-state index is 14.0. The van der Waals surface area contributed by atoms with Gasteiger partial charge in [0, 0.05) is 19.5 Å². The lowest BCUT2D eigenvalue weighted by atomic mass is 10.0. The van der Waals surface area contributed by atoms with Gasteiger partial charge < -0.3 is 29.7 Å². The van der Waals surface area contributed by atoms with Crippen LogP contribution in [0.5, 0.6) is 5.75 Å². The molecule has 248 valence electrons. The highest BCUT2D eigenvalue weighted by atomic mass is 16.5. The third-order valence-electron chi connectivity index (χ3n) is 8.20. The van der Waals surface area contributed by atoms with E-state index < -0.39 is 18.0 Å². The van der Waals surface area contributed by atoms with Gasteiger partial charge in [0.25, 0.3) is 5.91 Å². The zero-order valence-corrected chi connectivity index (χ0v) is 27.0. The van der Waals surface area contributed by atoms with Gasteiger partial charge in [-0.25, -0.2) is 0 Å². The summed E-state index contributed by atoms with van der Waals surface area (Å²) in [7, 11) is 0. The molecule has 1 fully saturated rings. The minimum absolute atomic E-state index is 0.0183. The summed E-state index contributed by atoms with van der Waals surface area (Å²) in [6, 6.07) is 5.13. The van der Waals surface area contributed by atoms with Crippen LogP contribution in [0.1, 0.15) is 93.7 Å². The Bertz CT molecular complexity index is 1380. The van der Waals surface area contributed by atoms with Gasteiger partial charge >= 0.3 is 0 Å². The smallest absolute Gasteiger partial charge is 0.255 e. The molecule has 0 spiro atoms. The standard InChI is InChI=1S/C34H46N6O6/c1-4-19-39-22-30(41)35-18-12-8-6-5-7-9-17-31-37-29(38-46-31)23-45-28-16-11-10-14-25(28)32(42)36-26(21-24(2)3)33(43)40-20-13-15-27(40)34(39)44/h1,10-11,14,16,24,26-27H,5-9,12-13,15,17-23H2,2-3H3,(H,35,41)(H,36,42). The first kappa shape index (κ1) is 34.5. The predicted octanol–water partition coefficient (Wildman–Crippen LogP) is 3.26. The zero-order chi connectivity index (χ0) is 32.9. The van der Waals surface area contributed by atoms with Crippen molar-refractivity contribution in [2.45, 2.75) is 96.7 Å². The van der Waals surface area contributed by atoms with Crippen molar-refractivity contribution in [2.24, 2.45) is 5.92 Å². The number of benzene rings is 1. The molecular weight excluding hydrogens is 588 g/mol. The van der Waals surface area contributed by atoms with E-state index in [1.54, 1.807) is 24.3 Å². The van der Waals surface area contributed by atoms with Crippen molar-refractivity contribution in [3.05, 3.63) is 41.5 Å². The van der Waals surface area contributed by atoms with Crippen LogP contribution in [0.2, 0.25) is 0 Å². The largest absolute Gasteiger partial charge is 0.485 e. The van der Waals surface area contributed by atoms with Gasteiger partial charge in [-0.05, 0) is 50.2 Å². The highest BCUT2D eigenvalue weighted by Gasteiger charge is 2.40. The molecule has 2 aromatic rings. The number of amides is 4. The monoisotopic (exact) mass is 634 g/mol. The van der Waals surface area contributed by atoms with Gasteiger partial charge in [-0.2, -0.15) is 4.98 Å². The molecule has 2 unspecified atom stereocenters. The van der Waals surface area contributed by atoms with E-state index in [2.05, 4.69) is 26.7 Å². The summed E-state index contributed by atoms with van der Waals surface area (Å²) in [5.41, 5.74) is 0.259. The van der Waals surface area contributed by atoms with E-state index in [9.17, 15) is 19.2 Å². The fraction of sp³-hybridized carbons (Fsp3) is 0.588. The Morgan fingerprint density at radius 3 is 2.57 bits per heavy atom. The number of nitrogens with zero attached hydrogens (tertiary/aromatic N) is 4. The summed E-state index contributed by atoms with van der Waals surface area (Å²) in [6.45, 7) is 4.60. The summed E-state index contributed by atoms with van der Waals surface area (Å²) in [4.78, 5) is 61.4. The molecule has 1 saturated heterocycles. The maximum Gasteiger partial charge on any atom is 0.255 e. The summed E-state index contributed by atoms with van der Waals surface area (Å²) >= 11 is 0. The summed E-state index contributed by atoms with van der Waals surface area (Å²) in [5.74, 6) is 2.33. The zero-order valence-electron chi connectivity index (χ0n) is 27.0. The fourth-order valence-electron chi connectivity index (χ4n) is 5.89. The lowest BCUT2D eigenvalue weighted by molar-refractivity contribution is -0.145. The van der Waals surface area contributed by atoms with Crippen LogP contribution >= 0.6 is 0 Å². The van der Waals surface area contributed by atoms with Crippen LogP contribution in [-0.2, 0) is 27.4 Å². The van der Waals surface area contributed by atoms with E-state index in [4.69, 9.17) is 15.7 Å². The topological polar surface area (TPSA) is 147 Å². The van der Waals surface area contributed by atoms with E-state index in [0.717, 1.165) is 38.5 Å². The van der Waals surface area contributed by atoms with Crippen LogP contribution in [0.4, 0.5) is 0 Å². The quantitative estimate of drug-likeness (QED) is 0.490. The highest BCUT2D eigenvalue weighted by molar-refractivity contribution is 6.00. The van der Waals surface area contributed by atoms with Crippen LogP contribution in [0, 0.1) is 18.3 Å². The van der Waals surface area contributed by atoms with Crippen molar-refractivity contribution in [1.82, 2.24) is 30.6 Å². The van der Waals surface area contributed by atoms with Gasteiger partial charge in [-0.1, -0.05) is 62.7 Å². The molecule has 4 rings (SSSR count). The SMILES string of the molecule is C#CCN1CC(=O)NCCCCCCCCc2nc(no2)COc2ccccc2C(=O)NC(CC(C)C)C(=O)N2CCCC2C1=O. The minimum atomic E-state index is -0.878. The summed E-state index contributed by atoms with van der Waals surface area (Å²) < 4.78 is 11.3. The molecule has 2 bridgehead atoms. The van der Waals surface area contributed by atoms with Crippen LogP contribution in [0.3, 0.4) is 0 Å². The van der Waals surface area contributed by atoms with Crippen molar-refractivity contribution >= 4 is 23.6 Å². The number of fused-ring (bicyclic) bond motifs is 4. The van der Waals surface area contributed by atoms with Gasteiger partial charge in [0.05, 0.1) is 12.1 Å². The lowest BCUT2D eigenvalue weighted by Crippen LogP contribution is -2.55. The number of para-hydroxylation sites is 1. The number of aromatic nitrogens is 2. The van der Waals surface area contributed by atoms with Crippen molar-refractivity contribution in [3.63, 3.8) is 0 Å². The number of nitrogens with one attached hydrogen (secondary N) is 2. The summed E-state index contributed by atoms with van der Waals surface area (Å²) in [5, 5.41) is 9.83. The van der Waals surface area contributed by atoms with E-state index >= 15 is 0 Å². The molecule has 0 radical (unpaired) electrons. The Labute approximate surface area is 271 Å². The average molecular weight is 635 g/mol. The number of rotatable bonds is 3. The molecule has 12 heteroatoms. The number of hydrogen-bond acceptors (Lipinski definition) is 8. The third-order valence-corrected chi connectivity index (χ3v) is 8.20. The molecule has 0 saturated carbocycles. The first-order valence-corrected chi connectivity index (χ1v) is 16.4. The van der Waals surface area contributed by atoms with E-state index in [1.165, 1.54) is 9.80 Å². The molecule has 2 aliphatic rings. The molecule has 2 aliphatic heterocycles. The van der Waals surface area contributed by atoms with E-state index in [1.807, 2.05) is 13.8 Å². The fourth-order valence-corrected chi connectivity index (χ4v) is 5.89. The Morgan fingerprint density at radius 1 is 1.02 bits per heavy atom. The molecule has 1 aromatic heterocycles. The maximum absolute atomic E-state index is 14.0. The molecule has 0 aliphatic carbocycles. The van der Waals surface area contributed by atoms with Crippen molar-refractivity contribution in [1.29, 1.82) is 0 Å². The lowest BCUT2D eigenvalue weighted by Gasteiger charge is -2.32. The molecule has 46 heavy (non-hydrogen) atoms. The van der Waals surface area contributed by atoms with Crippen LogP contribution in [0.25, 0.3) is 0 Å². The molecule has 2 N–H and O–H groups in total. The number of hydrogen-bond donors (Lipinski definition) is 2. The van der Waals surface area contributed by atoms with Gasteiger partial charge in [-0.3, -0.25) is 19.2 Å². The number of carbonyl (C=O) groups excluding carboxylic acids is 4. The Balaban J connectivity index is 1.56. The summed E-state index contributed by atoms with van der Waals surface area (Å²) in [6.07, 6.45) is 13.5. The molecule has 1 aromatic carbocycles. The van der Waals surface area contributed by atoms with Crippen molar-refractivity contribution in [3.8, 4) is 18.1 Å². The first-order valence-electron chi connectivity index (χ1n) is 16.4. The Hall–Kier alpha value is -4.40. The number of aryl methyl sites for hydroxylation is 1. The van der Waals surface area contributed by atoms with Gasteiger partial charge in [-0.15, -0.1) is 6.42 Å². The van der Waals surface area contributed by atoms with Gasteiger partial charge in [0.2, 0.25) is 29.4 Å². The van der Waals surface area contributed by atoms with Crippen LogP contribution in [0.15, 0.2) is 28.8 Å². The molecular formula is C34H46N6O6. The normalized spacial score (nSPS) is 21.5. The van der Waals surface area contributed by atoms with Gasteiger partial charge in [0.15, 0.2) is 6.61 Å². The van der Waals surface area contributed by atoms with Crippen molar-refractivity contribution in [2.75, 3.05) is 26.2 Å². The number of terminal acetylenes is 1. The second kappa shape index (κ2) is 17.3. The third kappa shape index (κ3) is 9.80. The molecule has 2 atom stereocenters. The number of carbonyl (C=O) groups is 4. The average Bonchev–Trinajstić information content (AvgIpc) is 3.71. The van der Waals surface area contributed by atoms with Gasteiger partial charge in [0.1, 0.15) is 24.4 Å². The van der Waals surface area contributed by atoms with Crippen molar-refractivity contribution < 1.29 is 28.4 Å². The van der Waals surface area contributed by atoms with E-state index in [-0.39, 0.29) is 48.9 Å². The molecule has 3 heterocycles. The highest BCUT2D eigenvalue weighted by Crippen LogP contribution is 2.24.